The maximum absolute atomic E-state index is 15.0. The van der Waals surface area contributed by atoms with Crippen molar-refractivity contribution >= 4 is 34.5 Å². The monoisotopic (exact) mass is 691 g/mol. The quantitative estimate of drug-likeness (QED) is 0.239. The van der Waals surface area contributed by atoms with E-state index in [1.807, 2.05) is 16.9 Å². The van der Waals surface area contributed by atoms with Gasteiger partial charge < -0.3 is 25.0 Å². The number of phenolic OH excluding ortho intramolecular Hbond substituents is 1. The van der Waals surface area contributed by atoms with Crippen LogP contribution in [0.1, 0.15) is 75.7 Å². The summed E-state index contributed by atoms with van der Waals surface area (Å²) in [5.74, 6) is -11.0. The molecule has 0 radical (unpaired) electrons. The number of aromatic hydroxyl groups is 1. The number of hydrogen-bond acceptors (Lipinski definition) is 6. The average Bonchev–Trinajstić information content (AvgIpc) is 3.59. The van der Waals surface area contributed by atoms with Gasteiger partial charge >= 0.3 is 6.09 Å². The van der Waals surface area contributed by atoms with Crippen molar-refractivity contribution in [3.05, 3.63) is 53.5 Å². The lowest BCUT2D eigenvalue weighted by molar-refractivity contribution is -0.145. The molecule has 2 saturated heterocycles. The Kier molecular flexibility index (Phi) is 8.76. The number of carbonyl (C=O) groups excluding carboxylic acids is 3. The number of halogens is 5. The van der Waals surface area contributed by atoms with E-state index in [4.69, 9.17) is 9.84 Å². The summed E-state index contributed by atoms with van der Waals surface area (Å²) in [5, 5.41) is 17.3. The molecule has 3 fully saturated rings. The number of amides is 3. The third kappa shape index (κ3) is 6.89. The fourth-order valence-corrected chi connectivity index (χ4v) is 7.22. The SMILES string of the molecule is CC(C)(C)OC(=O)N1CC(F)(F)CC2(CCN(c3ccc4cn(C5CCC(CNC(=O)c6cc(F)c(O)c(F)c6F)CC5)nc4c3)C2=O)C1. The average molecular weight is 692 g/mol. The molecule has 2 N–H and O–H groups in total. The van der Waals surface area contributed by atoms with Gasteiger partial charge in [-0.2, -0.15) is 9.49 Å². The van der Waals surface area contributed by atoms with Crippen molar-refractivity contribution in [2.24, 2.45) is 11.3 Å². The Morgan fingerprint density at radius 3 is 2.47 bits per heavy atom. The van der Waals surface area contributed by atoms with E-state index < -0.39 is 76.6 Å². The van der Waals surface area contributed by atoms with Crippen LogP contribution in [-0.4, -0.2) is 75.4 Å². The van der Waals surface area contributed by atoms with E-state index in [-0.39, 0.29) is 38.0 Å². The third-order valence-electron chi connectivity index (χ3n) is 9.62. The van der Waals surface area contributed by atoms with Gasteiger partial charge in [0.15, 0.2) is 17.4 Å². The van der Waals surface area contributed by atoms with Crippen molar-refractivity contribution in [2.75, 3.05) is 31.1 Å². The van der Waals surface area contributed by atoms with Gasteiger partial charge in [-0.3, -0.25) is 14.3 Å². The first-order valence-corrected chi connectivity index (χ1v) is 16.3. The Hall–Kier alpha value is -4.43. The van der Waals surface area contributed by atoms with E-state index in [1.54, 1.807) is 32.9 Å². The first-order chi connectivity index (χ1) is 22.9. The maximum Gasteiger partial charge on any atom is 0.410 e. The fraction of sp³-hybridized carbons (Fsp3) is 0.529. The number of ether oxygens (including phenoxy) is 1. The lowest BCUT2D eigenvalue weighted by Gasteiger charge is -2.42. The molecule has 264 valence electrons. The highest BCUT2D eigenvalue weighted by Gasteiger charge is 2.58. The number of likely N-dealkylation sites (tertiary alicyclic amines) is 1. The standard InChI is InChI=1S/C34H38F5N5O5/c1-32(2,3)49-31(48)42-17-33(16-34(38,39)18-42)10-11-43(30(33)47)22-9-6-20-15-44(41-25(20)12-22)21-7-4-19(5-8-21)14-40-29(46)23-13-24(35)28(45)27(37)26(23)36/h6,9,12-13,15,19,21,45H,4-5,7-8,10-11,14,16-18H2,1-3H3,(H,40,46). The number of piperidine rings is 1. The molecule has 1 unspecified atom stereocenters. The van der Waals surface area contributed by atoms with Crippen LogP contribution in [0.2, 0.25) is 0 Å². The minimum Gasteiger partial charge on any atom is -0.503 e. The van der Waals surface area contributed by atoms with Crippen LogP contribution in [-0.2, 0) is 9.53 Å². The smallest absolute Gasteiger partial charge is 0.410 e. The molecular weight excluding hydrogens is 653 g/mol. The lowest BCUT2D eigenvalue weighted by Crippen LogP contribution is -2.57. The van der Waals surface area contributed by atoms with E-state index in [9.17, 15) is 41.4 Å². The van der Waals surface area contributed by atoms with Crippen molar-refractivity contribution in [3.8, 4) is 5.75 Å². The molecule has 15 heteroatoms. The molecule has 3 aliphatic rings. The number of rotatable bonds is 5. The summed E-state index contributed by atoms with van der Waals surface area (Å²) in [4.78, 5) is 41.3. The summed E-state index contributed by atoms with van der Waals surface area (Å²) < 4.78 is 78.5. The number of hydrogen-bond donors (Lipinski definition) is 2. The molecule has 2 aliphatic heterocycles. The highest BCUT2D eigenvalue weighted by molar-refractivity contribution is 6.02. The number of nitrogens with zero attached hydrogens (tertiary/aromatic N) is 4. The molecular formula is C34H38F5N5O5. The number of alkyl halides is 2. The Bertz CT molecular complexity index is 1800. The minimum atomic E-state index is -3.25. The van der Waals surface area contributed by atoms with Gasteiger partial charge in [0.2, 0.25) is 11.7 Å². The second-order valence-electron chi connectivity index (χ2n) is 14.5. The number of benzene rings is 2. The fourth-order valence-electron chi connectivity index (χ4n) is 7.22. The van der Waals surface area contributed by atoms with E-state index in [1.165, 1.54) is 4.90 Å². The zero-order valence-electron chi connectivity index (χ0n) is 27.4. The lowest BCUT2D eigenvalue weighted by atomic mass is 9.77. The number of nitrogens with one attached hydrogen (secondary N) is 1. The maximum atomic E-state index is 15.0. The third-order valence-corrected chi connectivity index (χ3v) is 9.62. The van der Waals surface area contributed by atoms with Crippen LogP contribution in [0, 0.1) is 28.8 Å². The number of carbonyl (C=O) groups is 3. The Morgan fingerprint density at radius 2 is 1.78 bits per heavy atom. The van der Waals surface area contributed by atoms with E-state index in [2.05, 4.69) is 5.32 Å². The number of anilines is 1. The second-order valence-corrected chi connectivity index (χ2v) is 14.5. The van der Waals surface area contributed by atoms with Crippen LogP contribution in [0.5, 0.6) is 5.75 Å². The molecule has 2 aromatic carbocycles. The van der Waals surface area contributed by atoms with Gasteiger partial charge in [-0.25, -0.2) is 22.4 Å². The molecule has 1 aromatic heterocycles. The normalized spacial score (nSPS) is 24.1. The van der Waals surface area contributed by atoms with Crippen LogP contribution < -0.4 is 10.2 Å². The first kappa shape index (κ1) is 34.4. The largest absolute Gasteiger partial charge is 0.503 e. The first-order valence-electron chi connectivity index (χ1n) is 16.3. The van der Waals surface area contributed by atoms with Crippen LogP contribution in [0.4, 0.5) is 32.4 Å². The van der Waals surface area contributed by atoms with Crippen molar-refractivity contribution in [2.45, 2.75) is 76.9 Å². The Labute approximate surface area is 279 Å². The van der Waals surface area contributed by atoms with Gasteiger partial charge in [-0.05, 0) is 83.1 Å². The second kappa shape index (κ2) is 12.5. The molecule has 49 heavy (non-hydrogen) atoms. The van der Waals surface area contributed by atoms with Crippen molar-refractivity contribution in [1.82, 2.24) is 20.0 Å². The molecule has 1 spiro atoms. The summed E-state index contributed by atoms with van der Waals surface area (Å²) >= 11 is 0. The van der Waals surface area contributed by atoms with Gasteiger partial charge in [0.25, 0.3) is 11.8 Å². The van der Waals surface area contributed by atoms with Crippen LogP contribution in [0.15, 0.2) is 30.5 Å². The highest BCUT2D eigenvalue weighted by Crippen LogP contribution is 2.47. The summed E-state index contributed by atoms with van der Waals surface area (Å²) in [5.41, 5.74) is -1.98. The Morgan fingerprint density at radius 1 is 1.06 bits per heavy atom. The van der Waals surface area contributed by atoms with Gasteiger partial charge in [0.1, 0.15) is 5.60 Å². The van der Waals surface area contributed by atoms with Crippen LogP contribution >= 0.6 is 0 Å². The van der Waals surface area contributed by atoms with Crippen LogP contribution in [0.25, 0.3) is 10.9 Å². The topological polar surface area (TPSA) is 117 Å². The van der Waals surface area contributed by atoms with Gasteiger partial charge in [-0.15, -0.1) is 0 Å². The molecule has 1 saturated carbocycles. The summed E-state index contributed by atoms with van der Waals surface area (Å²) in [6.07, 6.45) is 3.36. The minimum absolute atomic E-state index is 0.0403. The zero-order chi connectivity index (χ0) is 35.5. The predicted octanol–water partition coefficient (Wildman–Crippen LogP) is 6.32. The van der Waals surface area contributed by atoms with E-state index in [0.717, 1.165) is 10.3 Å². The van der Waals surface area contributed by atoms with E-state index in [0.29, 0.717) is 43.0 Å². The summed E-state index contributed by atoms with van der Waals surface area (Å²) in [7, 11) is 0. The van der Waals surface area contributed by atoms with E-state index >= 15 is 0 Å². The molecule has 3 amide bonds. The summed E-state index contributed by atoms with van der Waals surface area (Å²) in [6.45, 7) is 4.38. The number of phenols is 1. The molecule has 10 nitrogen and oxygen atoms in total. The van der Waals surface area contributed by atoms with Crippen molar-refractivity contribution < 1.29 is 46.2 Å². The van der Waals surface area contributed by atoms with Crippen molar-refractivity contribution in [1.29, 1.82) is 0 Å². The number of aromatic nitrogens is 2. The van der Waals surface area contributed by atoms with Gasteiger partial charge in [0.05, 0.1) is 29.1 Å². The van der Waals surface area contributed by atoms with Crippen LogP contribution in [0.3, 0.4) is 0 Å². The van der Waals surface area contributed by atoms with Gasteiger partial charge in [0, 0.05) is 43.3 Å². The highest BCUT2D eigenvalue weighted by atomic mass is 19.3. The van der Waals surface area contributed by atoms with Crippen molar-refractivity contribution in [3.63, 3.8) is 0 Å². The molecule has 3 aromatic rings. The number of fused-ring (bicyclic) bond motifs is 1. The molecule has 1 aliphatic carbocycles. The van der Waals surface area contributed by atoms with Gasteiger partial charge in [-0.1, -0.05) is 0 Å². The molecule has 3 heterocycles. The molecule has 6 rings (SSSR count). The Balaban J connectivity index is 1.08. The predicted molar refractivity (Wildman–Crippen MR) is 168 cm³/mol. The summed E-state index contributed by atoms with van der Waals surface area (Å²) in [6, 6.07) is 5.83. The molecule has 1 atom stereocenters. The molecule has 0 bridgehead atoms. The zero-order valence-corrected chi connectivity index (χ0v) is 27.4.